The van der Waals surface area contributed by atoms with Crippen LogP contribution in [0, 0.1) is 0 Å². The minimum Gasteiger partial charge on any atom is -0.493 e. The van der Waals surface area contributed by atoms with Crippen LogP contribution >= 0.6 is 0 Å². The lowest BCUT2D eigenvalue weighted by molar-refractivity contribution is 0.0602. The quantitative estimate of drug-likeness (QED) is 0.593. The molecule has 1 aliphatic rings. The zero-order valence-electron chi connectivity index (χ0n) is 19.8. The molecule has 1 fully saturated rings. The van der Waals surface area contributed by atoms with E-state index in [4.69, 9.17) is 9.47 Å². The molecule has 1 saturated heterocycles. The van der Waals surface area contributed by atoms with Crippen LogP contribution in [0.25, 0.3) is 0 Å². The number of methoxy groups -OCH3 is 2. The Morgan fingerprint density at radius 2 is 1.76 bits per heavy atom. The van der Waals surface area contributed by atoms with Gasteiger partial charge in [0.1, 0.15) is 0 Å². The first-order chi connectivity index (χ1) is 15.7. The normalized spacial score (nSPS) is 16.6. The summed E-state index contributed by atoms with van der Waals surface area (Å²) in [4.78, 5) is 15.4. The third kappa shape index (κ3) is 6.26. The van der Waals surface area contributed by atoms with E-state index in [1.54, 1.807) is 40.2 Å². The molecule has 0 aliphatic carbocycles. The highest BCUT2D eigenvalue weighted by Crippen LogP contribution is 2.29. The summed E-state index contributed by atoms with van der Waals surface area (Å²) in [5.74, 6) is 1.35. The Labute approximate surface area is 197 Å². The van der Waals surface area contributed by atoms with Gasteiger partial charge >= 0.3 is 0 Å². The van der Waals surface area contributed by atoms with Gasteiger partial charge in [0.25, 0.3) is 5.91 Å². The zero-order chi connectivity index (χ0) is 24.0. The van der Waals surface area contributed by atoms with Crippen LogP contribution in [0.4, 0.5) is 0 Å². The van der Waals surface area contributed by atoms with Crippen LogP contribution in [0.5, 0.6) is 11.5 Å². The van der Waals surface area contributed by atoms with E-state index in [1.807, 2.05) is 23.1 Å². The van der Waals surface area contributed by atoms with Crippen LogP contribution in [0.2, 0.25) is 0 Å². The van der Waals surface area contributed by atoms with Crippen molar-refractivity contribution >= 4 is 15.9 Å². The number of carbonyl (C=O) groups is 1. The van der Waals surface area contributed by atoms with Crippen molar-refractivity contribution in [2.24, 2.45) is 0 Å². The van der Waals surface area contributed by atoms with Gasteiger partial charge in [-0.05, 0) is 87.9 Å². The summed E-state index contributed by atoms with van der Waals surface area (Å²) in [6.07, 6.45) is 4.71. The molecule has 7 nitrogen and oxygen atoms in total. The van der Waals surface area contributed by atoms with Crippen LogP contribution in [-0.2, 0) is 16.4 Å². The highest BCUT2D eigenvalue weighted by Gasteiger charge is 2.27. The Kier molecular flexibility index (Phi) is 8.37. The van der Waals surface area contributed by atoms with Gasteiger partial charge in [-0.15, -0.1) is 0 Å². The Morgan fingerprint density at radius 3 is 2.39 bits per heavy atom. The number of sulfonamides is 1. The SMILES string of the molecule is COc1ccc(CCC2CCCCN2C(=O)c2ccc(S(=O)(=O)NC(C)C)cc2)cc1OC. The van der Waals surface area contributed by atoms with Crippen LogP contribution in [-0.4, -0.2) is 52.1 Å². The maximum absolute atomic E-state index is 13.3. The molecule has 0 spiro atoms. The lowest BCUT2D eigenvalue weighted by Crippen LogP contribution is -2.44. The van der Waals surface area contributed by atoms with Gasteiger partial charge in [0, 0.05) is 24.2 Å². The minimum atomic E-state index is -3.58. The second-order valence-electron chi connectivity index (χ2n) is 8.68. The number of rotatable bonds is 9. The summed E-state index contributed by atoms with van der Waals surface area (Å²) in [6, 6.07) is 12.1. The number of likely N-dealkylation sites (tertiary alicyclic amines) is 1. The molecular weight excluding hydrogens is 440 g/mol. The van der Waals surface area contributed by atoms with E-state index in [-0.39, 0.29) is 22.9 Å². The summed E-state index contributed by atoms with van der Waals surface area (Å²) < 4.78 is 38.0. The number of carbonyl (C=O) groups excluding carboxylic acids is 1. The molecule has 2 aromatic carbocycles. The Morgan fingerprint density at radius 1 is 1.06 bits per heavy atom. The van der Waals surface area contributed by atoms with Gasteiger partial charge in [-0.3, -0.25) is 4.79 Å². The van der Waals surface area contributed by atoms with Gasteiger partial charge in [0.05, 0.1) is 19.1 Å². The highest BCUT2D eigenvalue weighted by molar-refractivity contribution is 7.89. The predicted octanol–water partition coefficient (Wildman–Crippen LogP) is 4.02. The molecule has 3 rings (SSSR count). The predicted molar refractivity (Wildman–Crippen MR) is 128 cm³/mol. The smallest absolute Gasteiger partial charge is 0.254 e. The molecule has 1 amide bonds. The number of aryl methyl sites for hydroxylation is 1. The van der Waals surface area contributed by atoms with Crippen molar-refractivity contribution in [2.75, 3.05) is 20.8 Å². The molecule has 1 atom stereocenters. The van der Waals surface area contributed by atoms with Crippen molar-refractivity contribution in [2.45, 2.75) is 62.9 Å². The molecule has 1 aliphatic heterocycles. The van der Waals surface area contributed by atoms with E-state index in [0.717, 1.165) is 37.7 Å². The number of nitrogens with one attached hydrogen (secondary N) is 1. The fraction of sp³-hybridized carbons (Fsp3) is 0.480. The van der Waals surface area contributed by atoms with Crippen molar-refractivity contribution in [1.82, 2.24) is 9.62 Å². The third-order valence-electron chi connectivity index (χ3n) is 5.90. The maximum Gasteiger partial charge on any atom is 0.254 e. The van der Waals surface area contributed by atoms with Crippen molar-refractivity contribution < 1.29 is 22.7 Å². The molecular formula is C25H34N2O5S. The van der Waals surface area contributed by atoms with E-state index >= 15 is 0 Å². The lowest BCUT2D eigenvalue weighted by atomic mass is 9.95. The van der Waals surface area contributed by atoms with Crippen molar-refractivity contribution in [3.8, 4) is 11.5 Å². The minimum absolute atomic E-state index is 0.0484. The second-order valence-corrected chi connectivity index (χ2v) is 10.4. The van der Waals surface area contributed by atoms with Crippen molar-refractivity contribution in [3.63, 3.8) is 0 Å². The molecule has 1 N–H and O–H groups in total. The number of piperidine rings is 1. The molecule has 8 heteroatoms. The van der Waals surface area contributed by atoms with E-state index < -0.39 is 10.0 Å². The largest absolute Gasteiger partial charge is 0.493 e. The Bertz CT molecular complexity index is 1050. The third-order valence-corrected chi connectivity index (χ3v) is 7.58. The van der Waals surface area contributed by atoms with E-state index in [9.17, 15) is 13.2 Å². The molecule has 0 bridgehead atoms. The number of amides is 1. The summed E-state index contributed by atoms with van der Waals surface area (Å²) in [5.41, 5.74) is 1.65. The summed E-state index contributed by atoms with van der Waals surface area (Å²) >= 11 is 0. The first-order valence-electron chi connectivity index (χ1n) is 11.4. The monoisotopic (exact) mass is 474 g/mol. The molecule has 180 valence electrons. The first-order valence-corrected chi connectivity index (χ1v) is 12.9. The fourth-order valence-corrected chi connectivity index (χ4v) is 5.51. The summed E-state index contributed by atoms with van der Waals surface area (Å²) in [6.45, 7) is 4.26. The standard InChI is InChI=1S/C25H34N2O5S/c1-18(2)26-33(29,30)22-13-10-20(11-14-22)25(28)27-16-6-5-7-21(27)12-8-19-9-15-23(31-3)24(17-19)32-4/h9-11,13-15,17-18,21,26H,5-8,12,16H2,1-4H3. The number of nitrogens with zero attached hydrogens (tertiary/aromatic N) is 1. The maximum atomic E-state index is 13.3. The number of hydrogen-bond donors (Lipinski definition) is 1. The van der Waals surface area contributed by atoms with Crippen LogP contribution in [0.3, 0.4) is 0 Å². The molecule has 0 aromatic heterocycles. The van der Waals surface area contributed by atoms with Gasteiger partial charge in [0.2, 0.25) is 10.0 Å². The molecule has 2 aromatic rings. The molecule has 33 heavy (non-hydrogen) atoms. The van der Waals surface area contributed by atoms with Crippen LogP contribution in [0.1, 0.15) is 55.5 Å². The summed E-state index contributed by atoms with van der Waals surface area (Å²) in [5, 5.41) is 0. The number of ether oxygens (including phenoxy) is 2. The molecule has 0 radical (unpaired) electrons. The van der Waals surface area contributed by atoms with Crippen molar-refractivity contribution in [3.05, 3.63) is 53.6 Å². The number of benzene rings is 2. The van der Waals surface area contributed by atoms with Gasteiger partial charge in [0.15, 0.2) is 11.5 Å². The average molecular weight is 475 g/mol. The topological polar surface area (TPSA) is 84.9 Å². The second kappa shape index (κ2) is 11.0. The first kappa shape index (κ1) is 25.1. The Hall–Kier alpha value is -2.58. The molecule has 1 unspecified atom stereocenters. The van der Waals surface area contributed by atoms with E-state index in [1.165, 1.54) is 12.1 Å². The van der Waals surface area contributed by atoms with Gasteiger partial charge < -0.3 is 14.4 Å². The average Bonchev–Trinajstić information content (AvgIpc) is 2.81. The fourth-order valence-electron chi connectivity index (χ4n) is 4.26. The molecule has 1 heterocycles. The summed E-state index contributed by atoms with van der Waals surface area (Å²) in [7, 11) is -0.341. The van der Waals surface area contributed by atoms with Gasteiger partial charge in [-0.1, -0.05) is 6.07 Å². The molecule has 0 saturated carbocycles. The van der Waals surface area contributed by atoms with Crippen LogP contribution in [0.15, 0.2) is 47.4 Å². The van der Waals surface area contributed by atoms with Gasteiger partial charge in [-0.2, -0.15) is 0 Å². The zero-order valence-corrected chi connectivity index (χ0v) is 20.7. The van der Waals surface area contributed by atoms with Crippen LogP contribution < -0.4 is 14.2 Å². The van der Waals surface area contributed by atoms with Crippen molar-refractivity contribution in [1.29, 1.82) is 0 Å². The van der Waals surface area contributed by atoms with E-state index in [0.29, 0.717) is 23.6 Å². The van der Waals surface area contributed by atoms with E-state index in [2.05, 4.69) is 4.72 Å². The highest BCUT2D eigenvalue weighted by atomic mass is 32.2. The van der Waals surface area contributed by atoms with Gasteiger partial charge in [-0.25, -0.2) is 13.1 Å². The lowest BCUT2D eigenvalue weighted by Gasteiger charge is -2.36. The Balaban J connectivity index is 1.70. The number of hydrogen-bond acceptors (Lipinski definition) is 5.